The van der Waals surface area contributed by atoms with Gasteiger partial charge in [0.1, 0.15) is 17.2 Å². The molecule has 2 aliphatic rings. The minimum absolute atomic E-state index is 0.351. The van der Waals surface area contributed by atoms with Crippen molar-refractivity contribution >= 4 is 83.3 Å². The van der Waals surface area contributed by atoms with Crippen molar-refractivity contribution < 1.29 is 9.39 Å². The summed E-state index contributed by atoms with van der Waals surface area (Å²) in [6.45, 7) is -0.351. The van der Waals surface area contributed by atoms with E-state index in [0.717, 1.165) is 78.4 Å². The zero-order valence-corrected chi connectivity index (χ0v) is 32.2. The quantitative estimate of drug-likeness (QED) is 0.168. The standard InChI is InChI=1S/C54H32BN3O2/c1-7-21-44-35(14-1)36-15-2-8-22-45(36)56(44)33-28-29-40-39-18-3-9-23-46(39)57(50(40)31-33)34-30-42-41-19-6-12-27-51(41)60-55-43-20-13-26-49(54(43)59-52(32-34)53(42)55)58-47-24-10-4-16-37(47)38-17-5-11-25-48(38)58/h1-32H. The van der Waals surface area contributed by atoms with Gasteiger partial charge in [-0.1, -0.05) is 127 Å². The summed E-state index contributed by atoms with van der Waals surface area (Å²) in [7, 11) is 0. The van der Waals surface area contributed by atoms with Gasteiger partial charge < -0.3 is 23.1 Å². The van der Waals surface area contributed by atoms with Gasteiger partial charge in [-0.3, -0.25) is 0 Å². The first kappa shape index (κ1) is 32.1. The van der Waals surface area contributed by atoms with Crippen molar-refractivity contribution in [2.75, 3.05) is 0 Å². The third-order valence-electron chi connectivity index (χ3n) is 12.9. The topological polar surface area (TPSA) is 33.2 Å². The van der Waals surface area contributed by atoms with Crippen LogP contribution in [0.15, 0.2) is 194 Å². The van der Waals surface area contributed by atoms with Crippen molar-refractivity contribution in [3.05, 3.63) is 194 Å². The summed E-state index contributed by atoms with van der Waals surface area (Å²) in [6, 6.07) is 69.8. The highest BCUT2D eigenvalue weighted by Gasteiger charge is 2.42. The van der Waals surface area contributed by atoms with Crippen molar-refractivity contribution in [3.8, 4) is 45.4 Å². The lowest BCUT2D eigenvalue weighted by Gasteiger charge is -2.34. The number of benzene rings is 9. The monoisotopic (exact) mass is 765 g/mol. The average Bonchev–Trinajstić information content (AvgIpc) is 3.94. The number of nitrogens with zero attached hydrogens (tertiary/aromatic N) is 3. The zero-order chi connectivity index (χ0) is 39.1. The number of fused-ring (bicyclic) bond motifs is 13. The van der Waals surface area contributed by atoms with E-state index in [4.69, 9.17) is 9.39 Å². The van der Waals surface area contributed by atoms with Crippen LogP contribution in [0.3, 0.4) is 0 Å². The van der Waals surface area contributed by atoms with E-state index in [1.807, 2.05) is 0 Å². The summed E-state index contributed by atoms with van der Waals surface area (Å²) in [5.74, 6) is 2.47. The fraction of sp³-hybridized carbons (Fsp3) is 0. The van der Waals surface area contributed by atoms with Crippen LogP contribution >= 0.6 is 0 Å². The van der Waals surface area contributed by atoms with Gasteiger partial charge in [0.25, 0.3) is 0 Å². The van der Waals surface area contributed by atoms with Crippen LogP contribution in [0.5, 0.6) is 17.2 Å². The van der Waals surface area contributed by atoms with Crippen molar-refractivity contribution in [1.82, 2.24) is 13.7 Å². The SMILES string of the molecule is c1ccc2c(c1)OB1c3cccc(-n4c5ccccc5c5ccccc54)c3Oc3cc(-n4c5ccccc5c5ccc(-n6c7ccccc7c7ccccc76)cc54)cc-2c31. The average molecular weight is 766 g/mol. The molecule has 60 heavy (non-hydrogen) atoms. The Morgan fingerprint density at radius 1 is 0.350 bits per heavy atom. The van der Waals surface area contributed by atoms with E-state index < -0.39 is 0 Å². The van der Waals surface area contributed by atoms with Crippen molar-refractivity contribution in [3.63, 3.8) is 0 Å². The van der Waals surface area contributed by atoms with Crippen LogP contribution in [0.2, 0.25) is 0 Å². The molecule has 0 radical (unpaired) electrons. The van der Waals surface area contributed by atoms with Gasteiger partial charge in [-0.15, -0.1) is 0 Å². The van der Waals surface area contributed by atoms with Crippen LogP contribution in [0, 0.1) is 0 Å². The molecule has 9 aromatic carbocycles. The second-order valence-electron chi connectivity index (χ2n) is 16.0. The van der Waals surface area contributed by atoms with Gasteiger partial charge in [0, 0.05) is 60.6 Å². The number of aromatic nitrogens is 3. The smallest absolute Gasteiger partial charge is 0.434 e. The molecular formula is C54H32BN3O2. The molecule has 278 valence electrons. The summed E-state index contributed by atoms with van der Waals surface area (Å²) in [4.78, 5) is 0. The Morgan fingerprint density at radius 2 is 0.867 bits per heavy atom. The van der Waals surface area contributed by atoms with Crippen molar-refractivity contribution in [2.45, 2.75) is 0 Å². The van der Waals surface area contributed by atoms with E-state index >= 15 is 0 Å². The molecule has 0 aliphatic carbocycles. The largest absolute Gasteiger partial charge is 0.551 e. The maximum Gasteiger partial charge on any atom is 0.434 e. The maximum absolute atomic E-state index is 7.32. The number of ether oxygens (including phenoxy) is 1. The lowest BCUT2D eigenvalue weighted by molar-refractivity contribution is 0.477. The van der Waals surface area contributed by atoms with Gasteiger partial charge in [-0.05, 0) is 66.2 Å². The lowest BCUT2D eigenvalue weighted by atomic mass is 9.50. The summed E-state index contributed by atoms with van der Waals surface area (Å²) in [6.07, 6.45) is 0. The Kier molecular flexibility index (Phi) is 6.31. The number of para-hydroxylation sites is 7. The minimum atomic E-state index is -0.351. The number of hydrogen-bond acceptors (Lipinski definition) is 2. The Morgan fingerprint density at radius 3 is 1.48 bits per heavy atom. The Labute approximate surface area is 344 Å². The highest BCUT2D eigenvalue weighted by Crippen LogP contribution is 2.45. The van der Waals surface area contributed by atoms with Crippen LogP contribution < -0.4 is 20.3 Å². The molecule has 0 amide bonds. The Hall–Kier alpha value is -7.96. The first-order chi connectivity index (χ1) is 29.8. The molecule has 0 fully saturated rings. The highest BCUT2D eigenvalue weighted by atomic mass is 16.5. The van der Waals surface area contributed by atoms with E-state index in [1.165, 1.54) is 43.4 Å². The molecule has 0 atom stereocenters. The van der Waals surface area contributed by atoms with Gasteiger partial charge in [0.15, 0.2) is 0 Å². The van der Waals surface area contributed by atoms with Gasteiger partial charge in [-0.2, -0.15) is 0 Å². The molecule has 0 unspecified atom stereocenters. The molecule has 6 heteroatoms. The number of rotatable bonds is 3. The van der Waals surface area contributed by atoms with E-state index in [2.05, 4.69) is 208 Å². The molecule has 0 N–H and O–H groups in total. The fourth-order valence-corrected chi connectivity index (χ4v) is 10.4. The summed E-state index contributed by atoms with van der Waals surface area (Å²) < 4.78 is 21.5. The molecule has 0 saturated heterocycles. The number of hydrogen-bond donors (Lipinski definition) is 0. The van der Waals surface area contributed by atoms with Crippen LogP contribution in [0.1, 0.15) is 0 Å². The van der Waals surface area contributed by atoms with Crippen molar-refractivity contribution in [2.24, 2.45) is 0 Å². The molecule has 2 aliphatic heterocycles. The fourth-order valence-electron chi connectivity index (χ4n) is 10.4. The molecular weight excluding hydrogens is 733 g/mol. The molecule has 3 aromatic heterocycles. The van der Waals surface area contributed by atoms with E-state index in [1.54, 1.807) is 0 Å². The summed E-state index contributed by atoms with van der Waals surface area (Å²) >= 11 is 0. The molecule has 14 rings (SSSR count). The third kappa shape index (κ3) is 4.21. The van der Waals surface area contributed by atoms with Crippen molar-refractivity contribution in [1.29, 1.82) is 0 Å². The second-order valence-corrected chi connectivity index (χ2v) is 16.0. The van der Waals surface area contributed by atoms with E-state index in [9.17, 15) is 0 Å². The molecule has 0 bridgehead atoms. The van der Waals surface area contributed by atoms with Crippen LogP contribution in [0.4, 0.5) is 0 Å². The molecule has 0 saturated carbocycles. The second kappa shape index (κ2) is 11.8. The van der Waals surface area contributed by atoms with Gasteiger partial charge >= 0.3 is 6.92 Å². The van der Waals surface area contributed by atoms with E-state index in [0.29, 0.717) is 0 Å². The third-order valence-corrected chi connectivity index (χ3v) is 12.9. The molecule has 5 nitrogen and oxygen atoms in total. The van der Waals surface area contributed by atoms with Crippen LogP contribution in [-0.4, -0.2) is 20.6 Å². The predicted molar refractivity (Wildman–Crippen MR) is 247 cm³/mol. The molecule has 5 heterocycles. The molecule has 12 aromatic rings. The van der Waals surface area contributed by atoms with Gasteiger partial charge in [0.2, 0.25) is 0 Å². The van der Waals surface area contributed by atoms with Gasteiger partial charge in [0.05, 0.1) is 44.5 Å². The Bertz CT molecular complexity index is 3710. The first-order valence-electron chi connectivity index (χ1n) is 20.5. The summed E-state index contributed by atoms with van der Waals surface area (Å²) in [5, 5.41) is 7.31. The summed E-state index contributed by atoms with van der Waals surface area (Å²) in [5.41, 5.74) is 14.3. The van der Waals surface area contributed by atoms with Crippen LogP contribution in [0.25, 0.3) is 93.6 Å². The molecule has 0 spiro atoms. The van der Waals surface area contributed by atoms with Gasteiger partial charge in [-0.25, -0.2) is 0 Å². The minimum Gasteiger partial charge on any atom is -0.551 e. The first-order valence-corrected chi connectivity index (χ1v) is 20.5. The normalized spacial score (nSPS) is 12.9. The van der Waals surface area contributed by atoms with Crippen LogP contribution in [-0.2, 0) is 0 Å². The predicted octanol–water partition coefficient (Wildman–Crippen LogP) is 12.2. The van der Waals surface area contributed by atoms with E-state index in [-0.39, 0.29) is 6.92 Å². The zero-order valence-electron chi connectivity index (χ0n) is 32.2. The lowest BCUT2D eigenvalue weighted by Crippen LogP contribution is -2.53. The maximum atomic E-state index is 7.32. The Balaban J connectivity index is 1.04. The highest BCUT2D eigenvalue weighted by molar-refractivity contribution is 6.84.